The molecule has 0 aliphatic carbocycles. The van der Waals surface area contributed by atoms with Gasteiger partial charge in [-0.05, 0) is 86.7 Å². The molecule has 6 nitrogen and oxygen atoms in total. The Labute approximate surface area is 186 Å². The first-order valence-corrected chi connectivity index (χ1v) is 12.3. The molecule has 2 rings (SSSR count). The molecule has 2 aromatic rings. The molecule has 1 atom stereocenters. The number of ether oxygens (including phenoxy) is 1. The van der Waals surface area contributed by atoms with Crippen LogP contribution in [-0.2, 0) is 10.0 Å². The SMILES string of the molecule is CCN(c1ccc(C(=O)N[C@@H](C)c2cc(C(C)C)c(OC)cc2C)cc1)S(=O)(=O)CC. The van der Waals surface area contributed by atoms with Crippen LogP contribution in [0.15, 0.2) is 36.4 Å². The summed E-state index contributed by atoms with van der Waals surface area (Å²) < 4.78 is 31.3. The number of methoxy groups -OCH3 is 1. The summed E-state index contributed by atoms with van der Waals surface area (Å²) in [6.45, 7) is 11.9. The van der Waals surface area contributed by atoms with Crippen LogP contribution in [0.4, 0.5) is 5.69 Å². The van der Waals surface area contributed by atoms with Gasteiger partial charge in [0.15, 0.2) is 0 Å². The minimum atomic E-state index is -3.35. The molecule has 0 bridgehead atoms. The lowest BCUT2D eigenvalue weighted by Crippen LogP contribution is -2.32. The fourth-order valence-electron chi connectivity index (χ4n) is 3.64. The van der Waals surface area contributed by atoms with Crippen LogP contribution in [0.25, 0.3) is 0 Å². The number of sulfonamides is 1. The third-order valence-electron chi connectivity index (χ3n) is 5.46. The lowest BCUT2D eigenvalue weighted by atomic mass is 9.93. The molecular formula is C24H34N2O4S. The predicted octanol–water partition coefficient (Wildman–Crippen LogP) is 4.79. The van der Waals surface area contributed by atoms with Gasteiger partial charge in [0.1, 0.15) is 5.75 Å². The van der Waals surface area contributed by atoms with Gasteiger partial charge in [-0.15, -0.1) is 0 Å². The Morgan fingerprint density at radius 2 is 1.68 bits per heavy atom. The fraction of sp³-hybridized carbons (Fsp3) is 0.458. The zero-order valence-electron chi connectivity index (χ0n) is 19.5. The van der Waals surface area contributed by atoms with Gasteiger partial charge < -0.3 is 10.1 Å². The van der Waals surface area contributed by atoms with Gasteiger partial charge in [-0.3, -0.25) is 9.10 Å². The van der Waals surface area contributed by atoms with Crippen molar-refractivity contribution in [1.29, 1.82) is 0 Å². The number of nitrogens with zero attached hydrogens (tertiary/aromatic N) is 1. The van der Waals surface area contributed by atoms with Crippen molar-refractivity contribution in [1.82, 2.24) is 5.32 Å². The Morgan fingerprint density at radius 1 is 1.06 bits per heavy atom. The summed E-state index contributed by atoms with van der Waals surface area (Å²) in [4.78, 5) is 12.8. The molecule has 0 fully saturated rings. The number of benzene rings is 2. The summed E-state index contributed by atoms with van der Waals surface area (Å²) in [6, 6.07) is 10.6. The largest absolute Gasteiger partial charge is 0.496 e. The van der Waals surface area contributed by atoms with Gasteiger partial charge in [-0.2, -0.15) is 0 Å². The second-order valence-corrected chi connectivity index (χ2v) is 10.1. The molecule has 0 saturated carbocycles. The van der Waals surface area contributed by atoms with E-state index < -0.39 is 10.0 Å². The first-order chi connectivity index (χ1) is 14.5. The standard InChI is InChI=1S/C24H34N2O4S/c1-8-26(31(28,29)9-2)20-12-10-19(11-13-20)24(27)25-18(6)22-15-21(16(3)4)23(30-7)14-17(22)5/h10-16,18H,8-9H2,1-7H3,(H,25,27)/t18-/m0/s1. The van der Waals surface area contributed by atoms with Gasteiger partial charge in [0.2, 0.25) is 10.0 Å². The highest BCUT2D eigenvalue weighted by atomic mass is 32.2. The van der Waals surface area contributed by atoms with Crippen molar-refractivity contribution in [2.24, 2.45) is 0 Å². The molecule has 0 spiro atoms. The Hall–Kier alpha value is -2.54. The van der Waals surface area contributed by atoms with E-state index >= 15 is 0 Å². The molecule has 7 heteroatoms. The van der Waals surface area contributed by atoms with Crippen LogP contribution < -0.4 is 14.4 Å². The summed E-state index contributed by atoms with van der Waals surface area (Å²) >= 11 is 0. The molecule has 0 aliphatic rings. The zero-order chi connectivity index (χ0) is 23.3. The molecule has 0 heterocycles. The van der Waals surface area contributed by atoms with E-state index in [9.17, 15) is 13.2 Å². The number of hydrogen-bond donors (Lipinski definition) is 1. The van der Waals surface area contributed by atoms with E-state index in [4.69, 9.17) is 4.74 Å². The maximum absolute atomic E-state index is 12.8. The summed E-state index contributed by atoms with van der Waals surface area (Å²) in [7, 11) is -1.68. The highest BCUT2D eigenvalue weighted by Crippen LogP contribution is 2.32. The van der Waals surface area contributed by atoms with Crippen LogP contribution in [0.5, 0.6) is 5.75 Å². The molecule has 0 radical (unpaired) electrons. The van der Waals surface area contributed by atoms with Crippen LogP contribution >= 0.6 is 0 Å². The van der Waals surface area contributed by atoms with E-state index in [1.807, 2.05) is 19.9 Å². The molecule has 0 saturated heterocycles. The van der Waals surface area contributed by atoms with Gasteiger partial charge in [0.05, 0.1) is 24.6 Å². The number of anilines is 1. The Bertz CT molecular complexity index is 1010. The highest BCUT2D eigenvalue weighted by Gasteiger charge is 2.20. The summed E-state index contributed by atoms with van der Waals surface area (Å²) in [6.07, 6.45) is 0. The van der Waals surface area contributed by atoms with Crippen molar-refractivity contribution in [2.75, 3.05) is 23.7 Å². The lowest BCUT2D eigenvalue weighted by Gasteiger charge is -2.23. The molecule has 1 N–H and O–H groups in total. The minimum Gasteiger partial charge on any atom is -0.496 e. The highest BCUT2D eigenvalue weighted by molar-refractivity contribution is 7.92. The molecule has 31 heavy (non-hydrogen) atoms. The van der Waals surface area contributed by atoms with Gasteiger partial charge >= 0.3 is 0 Å². The molecule has 0 aliphatic heterocycles. The second kappa shape index (κ2) is 10.2. The fourth-order valence-corrected chi connectivity index (χ4v) is 4.79. The van der Waals surface area contributed by atoms with E-state index in [0.29, 0.717) is 23.7 Å². The average molecular weight is 447 g/mol. The Kier molecular flexibility index (Phi) is 8.12. The zero-order valence-corrected chi connectivity index (χ0v) is 20.3. The Balaban J connectivity index is 2.23. The molecule has 170 valence electrons. The first-order valence-electron chi connectivity index (χ1n) is 10.6. The maximum atomic E-state index is 12.8. The Morgan fingerprint density at radius 3 is 2.16 bits per heavy atom. The topological polar surface area (TPSA) is 75.7 Å². The van der Waals surface area contributed by atoms with Crippen molar-refractivity contribution in [3.05, 3.63) is 58.7 Å². The molecule has 0 aromatic heterocycles. The van der Waals surface area contributed by atoms with E-state index in [-0.39, 0.29) is 17.7 Å². The van der Waals surface area contributed by atoms with E-state index in [1.54, 1.807) is 45.2 Å². The molecular weight excluding hydrogens is 412 g/mol. The third kappa shape index (κ3) is 5.58. The predicted molar refractivity (Wildman–Crippen MR) is 127 cm³/mol. The lowest BCUT2D eigenvalue weighted by molar-refractivity contribution is 0.0940. The van der Waals surface area contributed by atoms with Gasteiger partial charge in [0, 0.05) is 12.1 Å². The summed E-state index contributed by atoms with van der Waals surface area (Å²) in [5, 5.41) is 3.05. The van der Waals surface area contributed by atoms with E-state index in [1.165, 1.54) is 4.31 Å². The number of hydrogen-bond acceptors (Lipinski definition) is 4. The van der Waals surface area contributed by atoms with Crippen LogP contribution in [0.3, 0.4) is 0 Å². The van der Waals surface area contributed by atoms with E-state index in [2.05, 4.69) is 25.2 Å². The van der Waals surface area contributed by atoms with Crippen LogP contribution in [0.1, 0.15) is 73.6 Å². The second-order valence-electron chi connectivity index (χ2n) is 7.91. The van der Waals surface area contributed by atoms with Gasteiger partial charge in [-0.1, -0.05) is 13.8 Å². The van der Waals surface area contributed by atoms with Crippen molar-refractivity contribution in [3.8, 4) is 5.75 Å². The van der Waals surface area contributed by atoms with Crippen molar-refractivity contribution in [2.45, 2.75) is 53.5 Å². The number of amides is 1. The number of rotatable bonds is 9. The normalized spacial score (nSPS) is 12.5. The average Bonchev–Trinajstić information content (AvgIpc) is 2.73. The molecule has 0 unspecified atom stereocenters. The van der Waals surface area contributed by atoms with Crippen LogP contribution in [0.2, 0.25) is 0 Å². The van der Waals surface area contributed by atoms with Crippen LogP contribution in [0, 0.1) is 6.92 Å². The maximum Gasteiger partial charge on any atom is 0.251 e. The minimum absolute atomic E-state index is 0.0279. The molecule has 2 aromatic carbocycles. The van der Waals surface area contributed by atoms with Crippen molar-refractivity contribution < 1.29 is 17.9 Å². The van der Waals surface area contributed by atoms with Gasteiger partial charge in [-0.25, -0.2) is 8.42 Å². The summed E-state index contributed by atoms with van der Waals surface area (Å²) in [5.74, 6) is 0.973. The summed E-state index contributed by atoms with van der Waals surface area (Å²) in [5.41, 5.74) is 4.23. The smallest absolute Gasteiger partial charge is 0.251 e. The van der Waals surface area contributed by atoms with E-state index in [0.717, 1.165) is 22.4 Å². The van der Waals surface area contributed by atoms with Crippen molar-refractivity contribution in [3.63, 3.8) is 0 Å². The first kappa shape index (κ1) is 24.7. The third-order valence-corrected chi connectivity index (χ3v) is 7.33. The number of carbonyl (C=O) groups excluding carboxylic acids is 1. The quantitative estimate of drug-likeness (QED) is 0.601. The number of aryl methyl sites for hydroxylation is 1. The number of carbonyl (C=O) groups is 1. The monoisotopic (exact) mass is 446 g/mol. The van der Waals surface area contributed by atoms with Gasteiger partial charge in [0.25, 0.3) is 5.91 Å². The number of nitrogens with one attached hydrogen (secondary N) is 1. The molecule has 1 amide bonds. The van der Waals surface area contributed by atoms with Crippen LogP contribution in [-0.4, -0.2) is 33.7 Å². The van der Waals surface area contributed by atoms with Crippen molar-refractivity contribution >= 4 is 21.6 Å².